The molecule has 0 amide bonds. The van der Waals surface area contributed by atoms with E-state index in [2.05, 4.69) is 12.2 Å². The van der Waals surface area contributed by atoms with Crippen LogP contribution in [0.2, 0.25) is 0 Å². The van der Waals surface area contributed by atoms with Crippen LogP contribution in [0, 0.1) is 11.8 Å². The Kier molecular flexibility index (Phi) is 2.02. The van der Waals surface area contributed by atoms with E-state index in [1.165, 1.54) is 0 Å². The molecule has 12 heavy (non-hydrogen) atoms. The maximum atomic E-state index is 10.8. The molecule has 3 nitrogen and oxygen atoms in total. The van der Waals surface area contributed by atoms with Crippen molar-refractivity contribution >= 4 is 6.16 Å². The smallest absolute Gasteiger partial charge is 0.434 e. The number of carbonyl (C=O) groups excluding carboxylic acids is 1. The summed E-state index contributed by atoms with van der Waals surface area (Å²) in [7, 11) is 0. The normalized spacial score (nSPS) is 34.5. The molecule has 1 aliphatic heterocycles. The van der Waals surface area contributed by atoms with Crippen molar-refractivity contribution in [1.29, 1.82) is 0 Å². The van der Waals surface area contributed by atoms with E-state index in [1.807, 2.05) is 0 Å². The molecule has 0 spiro atoms. The maximum Gasteiger partial charge on any atom is 0.508 e. The van der Waals surface area contributed by atoms with Crippen LogP contribution in [-0.2, 0) is 9.47 Å². The Bertz CT molecular complexity index is 190. The van der Waals surface area contributed by atoms with Crippen molar-refractivity contribution in [3.8, 4) is 0 Å². The average molecular weight is 168 g/mol. The largest absolute Gasteiger partial charge is 0.508 e. The van der Waals surface area contributed by atoms with Crippen molar-refractivity contribution in [2.75, 3.05) is 13.2 Å². The number of fused-ring (bicyclic) bond motifs is 1. The van der Waals surface area contributed by atoms with E-state index < -0.39 is 6.16 Å². The SMILES string of the molecule is O=C1OC[C@@H]2CC=CC[C@H]2CO1. The van der Waals surface area contributed by atoms with Crippen molar-refractivity contribution in [3.63, 3.8) is 0 Å². The number of allylic oxidation sites excluding steroid dienone is 2. The lowest BCUT2D eigenvalue weighted by atomic mass is 9.84. The van der Waals surface area contributed by atoms with Gasteiger partial charge in [-0.25, -0.2) is 4.79 Å². The van der Waals surface area contributed by atoms with Gasteiger partial charge in [0.1, 0.15) is 0 Å². The van der Waals surface area contributed by atoms with E-state index in [1.54, 1.807) is 0 Å². The highest BCUT2D eigenvalue weighted by molar-refractivity contribution is 5.60. The van der Waals surface area contributed by atoms with Gasteiger partial charge in [0.2, 0.25) is 0 Å². The summed E-state index contributed by atoms with van der Waals surface area (Å²) < 4.78 is 9.75. The lowest BCUT2D eigenvalue weighted by molar-refractivity contribution is 0.0685. The standard InChI is InChI=1S/C9H12O3/c10-9-11-5-7-3-1-2-4-8(7)6-12-9/h1-2,7-8H,3-6H2/t7-,8-/m0/s1. The highest BCUT2D eigenvalue weighted by atomic mass is 16.7. The van der Waals surface area contributed by atoms with Crippen molar-refractivity contribution in [3.05, 3.63) is 12.2 Å². The molecule has 66 valence electrons. The number of carbonyl (C=O) groups is 1. The Hall–Kier alpha value is -0.990. The van der Waals surface area contributed by atoms with Gasteiger partial charge >= 0.3 is 6.16 Å². The highest BCUT2D eigenvalue weighted by Crippen LogP contribution is 2.28. The van der Waals surface area contributed by atoms with E-state index in [4.69, 9.17) is 9.47 Å². The second kappa shape index (κ2) is 3.17. The van der Waals surface area contributed by atoms with Crippen molar-refractivity contribution in [1.82, 2.24) is 0 Å². The molecular formula is C9H12O3. The molecule has 2 rings (SSSR count). The van der Waals surface area contributed by atoms with Gasteiger partial charge in [-0.3, -0.25) is 0 Å². The van der Waals surface area contributed by atoms with Crippen LogP contribution in [0.4, 0.5) is 4.79 Å². The van der Waals surface area contributed by atoms with Crippen LogP contribution in [0.1, 0.15) is 12.8 Å². The molecule has 0 bridgehead atoms. The summed E-state index contributed by atoms with van der Waals surface area (Å²) in [6.45, 7) is 1.04. The van der Waals surface area contributed by atoms with E-state index in [-0.39, 0.29) is 0 Å². The van der Waals surface area contributed by atoms with Crippen molar-refractivity contribution in [2.45, 2.75) is 12.8 Å². The van der Waals surface area contributed by atoms with Gasteiger partial charge in [0.25, 0.3) is 0 Å². The Morgan fingerprint density at radius 3 is 2.08 bits per heavy atom. The first-order valence-electron chi connectivity index (χ1n) is 4.31. The third kappa shape index (κ3) is 1.44. The highest BCUT2D eigenvalue weighted by Gasteiger charge is 2.28. The molecule has 0 aromatic rings. The zero-order valence-corrected chi connectivity index (χ0v) is 6.86. The maximum absolute atomic E-state index is 10.8. The first-order valence-corrected chi connectivity index (χ1v) is 4.31. The van der Waals surface area contributed by atoms with Gasteiger partial charge in [0.05, 0.1) is 13.2 Å². The fraction of sp³-hybridized carbons (Fsp3) is 0.667. The van der Waals surface area contributed by atoms with E-state index in [9.17, 15) is 4.79 Å². The molecule has 0 unspecified atom stereocenters. The molecule has 0 aromatic heterocycles. The predicted molar refractivity (Wildman–Crippen MR) is 42.7 cm³/mol. The summed E-state index contributed by atoms with van der Waals surface area (Å²) in [5.41, 5.74) is 0. The molecule has 0 saturated carbocycles. The summed E-state index contributed by atoms with van der Waals surface area (Å²) in [6, 6.07) is 0. The molecule has 1 aliphatic carbocycles. The summed E-state index contributed by atoms with van der Waals surface area (Å²) in [4.78, 5) is 10.8. The Labute approximate surface area is 71.3 Å². The number of cyclic esters (lactones) is 2. The molecule has 0 radical (unpaired) electrons. The van der Waals surface area contributed by atoms with Gasteiger partial charge < -0.3 is 9.47 Å². The molecule has 1 fully saturated rings. The first-order chi connectivity index (χ1) is 5.86. The Morgan fingerprint density at radius 2 is 1.58 bits per heavy atom. The fourth-order valence-corrected chi connectivity index (χ4v) is 1.73. The van der Waals surface area contributed by atoms with E-state index in [0.29, 0.717) is 25.0 Å². The molecular weight excluding hydrogens is 156 g/mol. The lowest BCUT2D eigenvalue weighted by Gasteiger charge is -2.23. The van der Waals surface area contributed by atoms with Gasteiger partial charge in [-0.2, -0.15) is 0 Å². The van der Waals surface area contributed by atoms with Crippen molar-refractivity contribution in [2.24, 2.45) is 11.8 Å². The number of ether oxygens (including phenoxy) is 2. The van der Waals surface area contributed by atoms with Gasteiger partial charge in [-0.1, -0.05) is 12.2 Å². The van der Waals surface area contributed by atoms with Gasteiger partial charge in [0.15, 0.2) is 0 Å². The molecule has 1 saturated heterocycles. The summed E-state index contributed by atoms with van der Waals surface area (Å²) in [6.07, 6.45) is 5.83. The predicted octanol–water partition coefficient (Wildman–Crippen LogP) is 1.74. The monoisotopic (exact) mass is 168 g/mol. The number of rotatable bonds is 0. The first kappa shape index (κ1) is 7.65. The lowest BCUT2D eigenvalue weighted by Crippen LogP contribution is -2.21. The fourth-order valence-electron chi connectivity index (χ4n) is 1.73. The van der Waals surface area contributed by atoms with Crippen molar-refractivity contribution < 1.29 is 14.3 Å². The summed E-state index contributed by atoms with van der Waals surface area (Å²) in [5.74, 6) is 0.947. The summed E-state index contributed by atoms with van der Waals surface area (Å²) in [5, 5.41) is 0. The minimum absolute atomic E-state index is 0.474. The quantitative estimate of drug-likeness (QED) is 0.408. The van der Waals surface area contributed by atoms with Crippen LogP contribution < -0.4 is 0 Å². The van der Waals surface area contributed by atoms with Gasteiger partial charge in [0, 0.05) is 11.8 Å². The van der Waals surface area contributed by atoms with Crippen LogP contribution >= 0.6 is 0 Å². The van der Waals surface area contributed by atoms with Crippen LogP contribution in [-0.4, -0.2) is 19.4 Å². The Balaban J connectivity index is 2.03. The van der Waals surface area contributed by atoms with Crippen LogP contribution in [0.5, 0.6) is 0 Å². The number of hydrogen-bond donors (Lipinski definition) is 0. The van der Waals surface area contributed by atoms with Crippen LogP contribution in [0.3, 0.4) is 0 Å². The molecule has 0 N–H and O–H groups in total. The molecule has 0 aromatic carbocycles. The third-order valence-electron chi connectivity index (χ3n) is 2.54. The minimum Gasteiger partial charge on any atom is -0.434 e. The molecule has 3 heteroatoms. The average Bonchev–Trinajstić information content (AvgIpc) is 2.29. The second-order valence-corrected chi connectivity index (χ2v) is 3.33. The van der Waals surface area contributed by atoms with Crippen LogP contribution in [0.15, 0.2) is 12.2 Å². The van der Waals surface area contributed by atoms with Crippen LogP contribution in [0.25, 0.3) is 0 Å². The minimum atomic E-state index is -0.510. The Morgan fingerprint density at radius 1 is 1.08 bits per heavy atom. The zero-order chi connectivity index (χ0) is 8.39. The number of hydrogen-bond acceptors (Lipinski definition) is 3. The third-order valence-corrected chi connectivity index (χ3v) is 2.54. The van der Waals surface area contributed by atoms with E-state index >= 15 is 0 Å². The van der Waals surface area contributed by atoms with Gasteiger partial charge in [-0.05, 0) is 12.8 Å². The molecule has 2 atom stereocenters. The molecule has 1 heterocycles. The zero-order valence-electron chi connectivity index (χ0n) is 6.86. The topological polar surface area (TPSA) is 35.5 Å². The van der Waals surface area contributed by atoms with E-state index in [0.717, 1.165) is 12.8 Å². The second-order valence-electron chi connectivity index (χ2n) is 3.33. The molecule has 2 aliphatic rings. The summed E-state index contributed by atoms with van der Waals surface area (Å²) >= 11 is 0. The van der Waals surface area contributed by atoms with Gasteiger partial charge in [-0.15, -0.1) is 0 Å².